The largest absolute Gasteiger partial charge is 0.379 e. The number of nitrogens with zero attached hydrogens (tertiary/aromatic N) is 6. The zero-order valence-electron chi connectivity index (χ0n) is 14.7. The smallest absolute Gasteiger partial charge is 0.266 e. The molecule has 2 aliphatic heterocycles. The molecule has 2 saturated heterocycles. The SMILES string of the molecule is CC(C)(C)c1nc(N2CCC(F)(F)C2)c2nn(C3CCOC3)nc2n1. The molecular weight excluding hydrogens is 330 g/mol. The van der Waals surface area contributed by atoms with Crippen LogP contribution in [0.4, 0.5) is 14.6 Å². The lowest BCUT2D eigenvalue weighted by atomic mass is 9.96. The highest BCUT2D eigenvalue weighted by molar-refractivity contribution is 5.82. The average Bonchev–Trinajstić information content (AvgIpc) is 3.22. The van der Waals surface area contributed by atoms with Crippen molar-refractivity contribution in [1.29, 1.82) is 0 Å². The summed E-state index contributed by atoms with van der Waals surface area (Å²) in [6, 6.07) is 0.0557. The van der Waals surface area contributed by atoms with E-state index in [9.17, 15) is 8.78 Å². The number of aromatic nitrogens is 5. The normalized spacial score (nSPS) is 23.7. The number of rotatable bonds is 2. The molecule has 136 valence electrons. The van der Waals surface area contributed by atoms with Gasteiger partial charge in [0, 0.05) is 25.0 Å². The van der Waals surface area contributed by atoms with E-state index in [2.05, 4.69) is 20.2 Å². The van der Waals surface area contributed by atoms with E-state index in [1.54, 1.807) is 9.70 Å². The Kier molecular flexibility index (Phi) is 3.68. The molecule has 1 unspecified atom stereocenters. The molecule has 0 aromatic carbocycles. The van der Waals surface area contributed by atoms with Crippen LogP contribution in [0.1, 0.15) is 45.5 Å². The minimum Gasteiger partial charge on any atom is -0.379 e. The van der Waals surface area contributed by atoms with Crippen molar-refractivity contribution in [3.05, 3.63) is 5.82 Å². The number of ether oxygens (including phenoxy) is 1. The molecular formula is C16H22F2N6O. The van der Waals surface area contributed by atoms with Crippen molar-refractivity contribution < 1.29 is 13.5 Å². The molecule has 0 radical (unpaired) electrons. The quantitative estimate of drug-likeness (QED) is 0.826. The first-order chi connectivity index (χ1) is 11.7. The van der Waals surface area contributed by atoms with E-state index in [1.165, 1.54) is 0 Å². The van der Waals surface area contributed by atoms with Crippen LogP contribution >= 0.6 is 0 Å². The highest BCUT2D eigenvalue weighted by Crippen LogP contribution is 2.34. The molecule has 2 aromatic rings. The first-order valence-electron chi connectivity index (χ1n) is 8.58. The Morgan fingerprint density at radius 2 is 2.00 bits per heavy atom. The molecule has 1 atom stereocenters. The zero-order chi connectivity index (χ0) is 17.8. The summed E-state index contributed by atoms with van der Waals surface area (Å²) in [5.41, 5.74) is 0.625. The molecule has 0 bridgehead atoms. The lowest BCUT2D eigenvalue weighted by molar-refractivity contribution is 0.0257. The Labute approximate surface area is 144 Å². The van der Waals surface area contributed by atoms with E-state index < -0.39 is 5.92 Å². The van der Waals surface area contributed by atoms with E-state index in [-0.39, 0.29) is 31.0 Å². The Bertz CT molecular complexity index is 794. The van der Waals surface area contributed by atoms with Crippen LogP contribution in [0.5, 0.6) is 0 Å². The monoisotopic (exact) mass is 352 g/mol. The fourth-order valence-electron chi connectivity index (χ4n) is 3.15. The van der Waals surface area contributed by atoms with Gasteiger partial charge in [0.25, 0.3) is 5.92 Å². The van der Waals surface area contributed by atoms with Crippen LogP contribution in [-0.4, -0.2) is 57.2 Å². The Balaban J connectivity index is 1.83. The molecule has 2 aliphatic rings. The summed E-state index contributed by atoms with van der Waals surface area (Å²) in [5, 5.41) is 9.02. The molecule has 0 saturated carbocycles. The van der Waals surface area contributed by atoms with Crippen molar-refractivity contribution >= 4 is 17.0 Å². The summed E-state index contributed by atoms with van der Waals surface area (Å²) in [6.45, 7) is 7.11. The summed E-state index contributed by atoms with van der Waals surface area (Å²) in [5.74, 6) is -1.66. The van der Waals surface area contributed by atoms with E-state index in [1.807, 2.05) is 20.8 Å². The maximum atomic E-state index is 13.7. The maximum absolute atomic E-state index is 13.7. The number of fused-ring (bicyclic) bond motifs is 1. The van der Waals surface area contributed by atoms with Gasteiger partial charge in [-0.05, 0) is 6.42 Å². The van der Waals surface area contributed by atoms with Crippen molar-refractivity contribution in [3.8, 4) is 0 Å². The first-order valence-corrected chi connectivity index (χ1v) is 8.58. The predicted octanol–water partition coefficient (Wildman–Crippen LogP) is 2.33. The number of alkyl halides is 2. The molecule has 4 heterocycles. The van der Waals surface area contributed by atoms with Gasteiger partial charge in [-0.2, -0.15) is 4.80 Å². The second-order valence-corrected chi connectivity index (χ2v) is 7.86. The van der Waals surface area contributed by atoms with Gasteiger partial charge in [-0.1, -0.05) is 20.8 Å². The van der Waals surface area contributed by atoms with Gasteiger partial charge < -0.3 is 9.64 Å². The third kappa shape index (κ3) is 3.05. The van der Waals surface area contributed by atoms with Gasteiger partial charge >= 0.3 is 0 Å². The summed E-state index contributed by atoms with van der Waals surface area (Å²) < 4.78 is 32.8. The van der Waals surface area contributed by atoms with Crippen LogP contribution in [-0.2, 0) is 10.2 Å². The Morgan fingerprint density at radius 3 is 2.60 bits per heavy atom. The van der Waals surface area contributed by atoms with Crippen molar-refractivity contribution in [3.63, 3.8) is 0 Å². The van der Waals surface area contributed by atoms with Crippen LogP contribution in [0.15, 0.2) is 0 Å². The van der Waals surface area contributed by atoms with E-state index in [4.69, 9.17) is 4.74 Å². The Hall–Kier alpha value is -1.90. The molecule has 2 aromatic heterocycles. The lowest BCUT2D eigenvalue weighted by Crippen LogP contribution is -2.27. The van der Waals surface area contributed by atoms with E-state index in [0.717, 1.165) is 6.42 Å². The standard InChI is InChI=1S/C16H22F2N6O/c1-15(2,3)14-19-12-11(21-24(22-12)10-4-7-25-8-10)13(20-14)23-6-5-16(17,18)9-23/h10H,4-9H2,1-3H3. The maximum Gasteiger partial charge on any atom is 0.266 e. The first kappa shape index (κ1) is 16.6. The number of hydrogen-bond acceptors (Lipinski definition) is 6. The summed E-state index contributed by atoms with van der Waals surface area (Å²) >= 11 is 0. The molecule has 2 fully saturated rings. The molecule has 25 heavy (non-hydrogen) atoms. The summed E-state index contributed by atoms with van der Waals surface area (Å²) in [7, 11) is 0. The molecule has 0 N–H and O–H groups in total. The van der Waals surface area contributed by atoms with Gasteiger partial charge in [0.15, 0.2) is 11.3 Å². The van der Waals surface area contributed by atoms with Crippen molar-refractivity contribution in [1.82, 2.24) is 25.0 Å². The van der Waals surface area contributed by atoms with Gasteiger partial charge in [0.1, 0.15) is 5.82 Å². The molecule has 0 spiro atoms. The van der Waals surface area contributed by atoms with Gasteiger partial charge in [-0.3, -0.25) is 0 Å². The molecule has 7 nitrogen and oxygen atoms in total. The fourth-order valence-corrected chi connectivity index (χ4v) is 3.15. The van der Waals surface area contributed by atoms with Crippen LogP contribution in [0.3, 0.4) is 0 Å². The highest BCUT2D eigenvalue weighted by atomic mass is 19.3. The van der Waals surface area contributed by atoms with Crippen molar-refractivity contribution in [2.24, 2.45) is 0 Å². The Morgan fingerprint density at radius 1 is 1.20 bits per heavy atom. The number of anilines is 1. The second-order valence-electron chi connectivity index (χ2n) is 7.86. The molecule has 0 aliphatic carbocycles. The second kappa shape index (κ2) is 5.55. The molecule has 0 amide bonds. The van der Waals surface area contributed by atoms with Crippen LogP contribution in [0.25, 0.3) is 11.2 Å². The van der Waals surface area contributed by atoms with E-state index >= 15 is 0 Å². The summed E-state index contributed by atoms with van der Waals surface area (Å²) in [6.07, 6.45) is 0.658. The van der Waals surface area contributed by atoms with Gasteiger partial charge in [-0.25, -0.2) is 18.7 Å². The summed E-state index contributed by atoms with van der Waals surface area (Å²) in [4.78, 5) is 12.3. The van der Waals surface area contributed by atoms with Crippen LogP contribution in [0.2, 0.25) is 0 Å². The van der Waals surface area contributed by atoms with Crippen molar-refractivity contribution in [2.75, 3.05) is 31.2 Å². The minimum atomic E-state index is -2.70. The van der Waals surface area contributed by atoms with Crippen LogP contribution < -0.4 is 4.90 Å². The molecule has 9 heteroatoms. The van der Waals surface area contributed by atoms with Gasteiger partial charge in [0.2, 0.25) is 5.65 Å². The van der Waals surface area contributed by atoms with Gasteiger partial charge in [-0.15, -0.1) is 10.2 Å². The van der Waals surface area contributed by atoms with Crippen LogP contribution in [0, 0.1) is 0 Å². The molecule has 4 rings (SSSR count). The van der Waals surface area contributed by atoms with E-state index in [0.29, 0.717) is 36.0 Å². The average molecular weight is 352 g/mol. The van der Waals surface area contributed by atoms with Gasteiger partial charge in [0.05, 0.1) is 19.2 Å². The third-order valence-corrected chi connectivity index (χ3v) is 4.62. The topological polar surface area (TPSA) is 69.0 Å². The lowest BCUT2D eigenvalue weighted by Gasteiger charge is -2.21. The third-order valence-electron chi connectivity index (χ3n) is 4.62. The fraction of sp³-hybridized carbons (Fsp3) is 0.750. The highest BCUT2D eigenvalue weighted by Gasteiger charge is 2.40. The zero-order valence-corrected chi connectivity index (χ0v) is 14.7. The predicted molar refractivity (Wildman–Crippen MR) is 88.1 cm³/mol. The number of hydrogen-bond donors (Lipinski definition) is 0. The minimum absolute atomic E-state index is 0.0557. The van der Waals surface area contributed by atoms with Crippen molar-refractivity contribution in [2.45, 2.75) is 51.0 Å². The number of halogens is 2.